The van der Waals surface area contributed by atoms with Gasteiger partial charge in [0.25, 0.3) is 0 Å². The first-order chi connectivity index (χ1) is 17.9. The Balaban J connectivity index is 1.59. The third-order valence-corrected chi connectivity index (χ3v) is 6.87. The Labute approximate surface area is 209 Å². The Morgan fingerprint density at radius 1 is 0.361 bits per heavy atom. The van der Waals surface area contributed by atoms with E-state index in [9.17, 15) is 0 Å². The van der Waals surface area contributed by atoms with Crippen LogP contribution in [0.1, 0.15) is 0 Å². The van der Waals surface area contributed by atoms with Crippen LogP contribution in [0.3, 0.4) is 0 Å². The molecule has 36 heavy (non-hydrogen) atoms. The van der Waals surface area contributed by atoms with Gasteiger partial charge < -0.3 is 0 Å². The lowest BCUT2D eigenvalue weighted by Crippen LogP contribution is -1.97. The number of rotatable bonds is 3. The van der Waals surface area contributed by atoms with Crippen molar-refractivity contribution < 1.29 is 0 Å². The maximum atomic E-state index is 5.13. The second-order valence-corrected chi connectivity index (χ2v) is 9.01. The molecule has 0 aliphatic heterocycles. The molecular weight excluding hydrogens is 436 g/mol. The topological polar surface area (TPSA) is 25.8 Å². The van der Waals surface area contributed by atoms with E-state index in [1.165, 1.54) is 32.3 Å². The second-order valence-electron chi connectivity index (χ2n) is 9.01. The smallest absolute Gasteiger partial charge is 0.161 e. The standard InChI is InChI=1S/C34H22N2/c1-3-12-23(13-4-1)31-22-32(24-14-5-2-6-15-24)36-34(35-31)30-21-11-20-29-27-17-8-7-16-25(27)26-18-9-10-19-28(26)33(29)30/h1-22H. The Morgan fingerprint density at radius 3 is 1.31 bits per heavy atom. The lowest BCUT2D eigenvalue weighted by Gasteiger charge is -2.15. The van der Waals surface area contributed by atoms with Gasteiger partial charge in [-0.05, 0) is 33.0 Å². The predicted molar refractivity (Wildman–Crippen MR) is 151 cm³/mol. The van der Waals surface area contributed by atoms with Crippen LogP contribution in [-0.4, -0.2) is 9.97 Å². The van der Waals surface area contributed by atoms with Crippen LogP contribution in [0.2, 0.25) is 0 Å². The Morgan fingerprint density at radius 2 is 0.778 bits per heavy atom. The molecule has 7 aromatic rings. The molecule has 2 heteroatoms. The van der Waals surface area contributed by atoms with E-state index in [1.54, 1.807) is 0 Å². The Bertz CT molecular complexity index is 1770. The molecule has 6 aromatic carbocycles. The van der Waals surface area contributed by atoms with Crippen molar-refractivity contribution in [2.45, 2.75) is 0 Å². The number of benzene rings is 6. The van der Waals surface area contributed by atoms with E-state index >= 15 is 0 Å². The largest absolute Gasteiger partial charge is 0.228 e. The van der Waals surface area contributed by atoms with E-state index in [2.05, 4.69) is 121 Å². The summed E-state index contributed by atoms with van der Waals surface area (Å²) in [6, 6.07) is 46.6. The van der Waals surface area contributed by atoms with Crippen LogP contribution in [-0.2, 0) is 0 Å². The molecule has 0 spiro atoms. The summed E-state index contributed by atoms with van der Waals surface area (Å²) in [5, 5.41) is 7.39. The number of hydrogen-bond donors (Lipinski definition) is 0. The normalized spacial score (nSPS) is 11.3. The van der Waals surface area contributed by atoms with Crippen LogP contribution in [0.4, 0.5) is 0 Å². The Kier molecular flexibility index (Phi) is 4.82. The number of nitrogens with zero attached hydrogens (tertiary/aromatic N) is 2. The van der Waals surface area contributed by atoms with Gasteiger partial charge in [0.2, 0.25) is 0 Å². The van der Waals surface area contributed by atoms with Crippen molar-refractivity contribution in [3.63, 3.8) is 0 Å². The highest BCUT2D eigenvalue weighted by atomic mass is 14.9. The monoisotopic (exact) mass is 458 g/mol. The average Bonchev–Trinajstić information content (AvgIpc) is 2.97. The molecule has 0 fully saturated rings. The van der Waals surface area contributed by atoms with Crippen molar-refractivity contribution in [1.82, 2.24) is 9.97 Å². The maximum absolute atomic E-state index is 5.13. The van der Waals surface area contributed by atoms with Crippen molar-refractivity contribution in [3.8, 4) is 33.9 Å². The lowest BCUT2D eigenvalue weighted by molar-refractivity contribution is 1.19. The second kappa shape index (κ2) is 8.44. The van der Waals surface area contributed by atoms with Crippen LogP contribution in [0, 0.1) is 0 Å². The third kappa shape index (κ3) is 3.35. The van der Waals surface area contributed by atoms with Gasteiger partial charge in [0, 0.05) is 22.1 Å². The van der Waals surface area contributed by atoms with Crippen LogP contribution in [0.15, 0.2) is 133 Å². The van der Waals surface area contributed by atoms with Crippen LogP contribution in [0.5, 0.6) is 0 Å². The summed E-state index contributed by atoms with van der Waals surface area (Å²) in [5.41, 5.74) is 5.04. The van der Waals surface area contributed by atoms with E-state index in [0.717, 1.165) is 33.9 Å². The minimum Gasteiger partial charge on any atom is -0.228 e. The molecule has 0 radical (unpaired) electrons. The first kappa shape index (κ1) is 20.5. The van der Waals surface area contributed by atoms with Gasteiger partial charge in [-0.1, -0.05) is 127 Å². The molecule has 0 saturated carbocycles. The molecule has 7 rings (SSSR count). The van der Waals surface area contributed by atoms with Crippen molar-refractivity contribution in [1.29, 1.82) is 0 Å². The molecule has 1 aromatic heterocycles. The van der Waals surface area contributed by atoms with Gasteiger partial charge in [0.15, 0.2) is 5.82 Å². The SMILES string of the molecule is c1ccc(-c2cc(-c3ccccc3)nc(-c3cccc4c5ccccc5c5ccccc5c34)n2)cc1. The summed E-state index contributed by atoms with van der Waals surface area (Å²) in [6.07, 6.45) is 0. The zero-order valence-electron chi connectivity index (χ0n) is 19.6. The van der Waals surface area contributed by atoms with Gasteiger partial charge in [-0.2, -0.15) is 0 Å². The zero-order chi connectivity index (χ0) is 23.9. The fourth-order valence-electron chi connectivity index (χ4n) is 5.22. The fraction of sp³-hybridized carbons (Fsp3) is 0. The molecule has 2 nitrogen and oxygen atoms in total. The van der Waals surface area contributed by atoms with Gasteiger partial charge in [-0.15, -0.1) is 0 Å². The van der Waals surface area contributed by atoms with Crippen LogP contribution in [0.25, 0.3) is 66.2 Å². The van der Waals surface area contributed by atoms with Gasteiger partial charge in [0.1, 0.15) is 0 Å². The quantitative estimate of drug-likeness (QED) is 0.247. The highest BCUT2D eigenvalue weighted by Gasteiger charge is 2.16. The fourth-order valence-corrected chi connectivity index (χ4v) is 5.22. The first-order valence-electron chi connectivity index (χ1n) is 12.2. The number of hydrogen-bond acceptors (Lipinski definition) is 2. The van der Waals surface area contributed by atoms with Gasteiger partial charge in [-0.25, -0.2) is 9.97 Å². The summed E-state index contributed by atoms with van der Waals surface area (Å²) in [7, 11) is 0. The molecule has 0 bridgehead atoms. The third-order valence-electron chi connectivity index (χ3n) is 6.87. The zero-order valence-corrected chi connectivity index (χ0v) is 19.6. The van der Waals surface area contributed by atoms with E-state index in [-0.39, 0.29) is 0 Å². The van der Waals surface area contributed by atoms with Crippen molar-refractivity contribution in [2.24, 2.45) is 0 Å². The highest BCUT2D eigenvalue weighted by Crippen LogP contribution is 2.40. The Hall–Kier alpha value is -4.82. The van der Waals surface area contributed by atoms with Gasteiger partial charge in [-0.3, -0.25) is 0 Å². The summed E-state index contributed by atoms with van der Waals surface area (Å²) in [6.45, 7) is 0. The average molecular weight is 459 g/mol. The van der Waals surface area contributed by atoms with Crippen molar-refractivity contribution in [2.75, 3.05) is 0 Å². The molecule has 0 aliphatic rings. The number of fused-ring (bicyclic) bond motifs is 6. The minimum absolute atomic E-state index is 0.737. The van der Waals surface area contributed by atoms with Crippen LogP contribution < -0.4 is 0 Å². The molecule has 0 atom stereocenters. The van der Waals surface area contributed by atoms with Gasteiger partial charge >= 0.3 is 0 Å². The highest BCUT2D eigenvalue weighted by molar-refractivity contribution is 6.28. The molecule has 0 N–H and O–H groups in total. The number of aromatic nitrogens is 2. The molecule has 0 unspecified atom stereocenters. The van der Waals surface area contributed by atoms with E-state index in [0.29, 0.717) is 0 Å². The summed E-state index contributed by atoms with van der Waals surface area (Å²) < 4.78 is 0. The van der Waals surface area contributed by atoms with E-state index in [1.807, 2.05) is 12.1 Å². The van der Waals surface area contributed by atoms with E-state index < -0.39 is 0 Å². The predicted octanol–water partition coefficient (Wildman–Crippen LogP) is 8.94. The molecule has 0 aliphatic carbocycles. The summed E-state index contributed by atoms with van der Waals surface area (Å²) in [4.78, 5) is 10.3. The molecule has 0 saturated heterocycles. The van der Waals surface area contributed by atoms with E-state index in [4.69, 9.17) is 9.97 Å². The van der Waals surface area contributed by atoms with Crippen molar-refractivity contribution in [3.05, 3.63) is 133 Å². The van der Waals surface area contributed by atoms with Crippen LogP contribution >= 0.6 is 0 Å². The molecule has 1 heterocycles. The molecule has 168 valence electrons. The lowest BCUT2D eigenvalue weighted by atomic mass is 9.91. The summed E-state index contributed by atoms with van der Waals surface area (Å²) >= 11 is 0. The minimum atomic E-state index is 0.737. The summed E-state index contributed by atoms with van der Waals surface area (Å²) in [5.74, 6) is 0.737. The maximum Gasteiger partial charge on any atom is 0.161 e. The molecular formula is C34H22N2. The first-order valence-corrected chi connectivity index (χ1v) is 12.2. The molecule has 0 amide bonds. The van der Waals surface area contributed by atoms with Crippen molar-refractivity contribution >= 4 is 32.3 Å². The van der Waals surface area contributed by atoms with Gasteiger partial charge in [0.05, 0.1) is 11.4 Å².